The Kier molecular flexibility index (Phi) is 3.97. The number of benzene rings is 1. The first-order valence-corrected chi connectivity index (χ1v) is 6.44. The van der Waals surface area contributed by atoms with E-state index in [0.29, 0.717) is 5.56 Å². The minimum atomic E-state index is -0.319. The number of amidine groups is 1. The van der Waals surface area contributed by atoms with Crippen LogP contribution in [-0.4, -0.2) is 23.8 Å². The molecule has 4 heteroatoms. The number of hydrogen-bond acceptors (Lipinski definition) is 2. The maximum Gasteiger partial charge on any atom is 0.124 e. The van der Waals surface area contributed by atoms with Crippen LogP contribution in [0.15, 0.2) is 18.2 Å². The van der Waals surface area contributed by atoms with Crippen molar-refractivity contribution in [1.82, 2.24) is 4.90 Å². The number of halogens is 1. The largest absolute Gasteiger partial charge is 0.384 e. The molecule has 0 saturated heterocycles. The number of nitrogens with one attached hydrogen (secondary N) is 1. The van der Waals surface area contributed by atoms with Crippen LogP contribution >= 0.6 is 0 Å². The predicted octanol–water partition coefficient (Wildman–Crippen LogP) is 2.34. The van der Waals surface area contributed by atoms with Crippen LogP contribution in [0.5, 0.6) is 0 Å². The van der Waals surface area contributed by atoms with Crippen molar-refractivity contribution in [3.63, 3.8) is 0 Å². The van der Waals surface area contributed by atoms with Gasteiger partial charge in [-0.25, -0.2) is 4.39 Å². The van der Waals surface area contributed by atoms with Gasteiger partial charge in [-0.15, -0.1) is 0 Å². The second kappa shape index (κ2) is 5.48. The standard InChI is InChI=1S/C14H20FN3/c1-2-18(8-10-3-4-10)9-11-5-12(14(16)17)7-13(15)6-11/h5-7,10H,2-4,8-9H2,1H3,(H3,16,17). The summed E-state index contributed by atoms with van der Waals surface area (Å²) in [6, 6.07) is 4.64. The molecule has 1 aromatic rings. The van der Waals surface area contributed by atoms with E-state index in [2.05, 4.69) is 11.8 Å². The van der Waals surface area contributed by atoms with E-state index in [1.165, 1.54) is 25.0 Å². The maximum absolute atomic E-state index is 13.4. The van der Waals surface area contributed by atoms with Crippen molar-refractivity contribution in [2.75, 3.05) is 13.1 Å². The second-order valence-corrected chi connectivity index (χ2v) is 5.03. The third-order valence-corrected chi connectivity index (χ3v) is 3.34. The Bertz CT molecular complexity index is 441. The lowest BCUT2D eigenvalue weighted by Crippen LogP contribution is -2.25. The first kappa shape index (κ1) is 13.0. The summed E-state index contributed by atoms with van der Waals surface area (Å²) in [5.74, 6) is 0.423. The van der Waals surface area contributed by atoms with Gasteiger partial charge in [0.15, 0.2) is 0 Å². The Morgan fingerprint density at radius 3 is 2.72 bits per heavy atom. The molecule has 0 heterocycles. The molecule has 1 saturated carbocycles. The number of nitrogen functional groups attached to an aromatic ring is 1. The highest BCUT2D eigenvalue weighted by Crippen LogP contribution is 2.30. The van der Waals surface area contributed by atoms with Gasteiger partial charge in [0, 0.05) is 18.7 Å². The van der Waals surface area contributed by atoms with Crippen molar-refractivity contribution in [3.05, 3.63) is 35.1 Å². The molecule has 98 valence electrons. The van der Waals surface area contributed by atoms with Gasteiger partial charge in [-0.05, 0) is 49.1 Å². The number of rotatable bonds is 6. The van der Waals surface area contributed by atoms with E-state index in [1.807, 2.05) is 0 Å². The quantitative estimate of drug-likeness (QED) is 0.600. The molecule has 0 unspecified atom stereocenters. The van der Waals surface area contributed by atoms with Crippen molar-refractivity contribution in [2.45, 2.75) is 26.3 Å². The van der Waals surface area contributed by atoms with Crippen molar-refractivity contribution in [3.8, 4) is 0 Å². The average molecular weight is 249 g/mol. The smallest absolute Gasteiger partial charge is 0.124 e. The van der Waals surface area contributed by atoms with Gasteiger partial charge in [-0.3, -0.25) is 10.3 Å². The fraction of sp³-hybridized carbons (Fsp3) is 0.500. The van der Waals surface area contributed by atoms with E-state index in [-0.39, 0.29) is 11.7 Å². The lowest BCUT2D eigenvalue weighted by molar-refractivity contribution is 0.268. The fourth-order valence-corrected chi connectivity index (χ4v) is 2.13. The summed E-state index contributed by atoms with van der Waals surface area (Å²) in [7, 11) is 0. The van der Waals surface area contributed by atoms with Gasteiger partial charge >= 0.3 is 0 Å². The molecule has 3 N–H and O–H groups in total. The summed E-state index contributed by atoms with van der Waals surface area (Å²) in [6.07, 6.45) is 2.64. The minimum absolute atomic E-state index is 0.0824. The van der Waals surface area contributed by atoms with Crippen LogP contribution in [0.25, 0.3) is 0 Å². The molecule has 1 fully saturated rings. The molecule has 0 radical (unpaired) electrons. The van der Waals surface area contributed by atoms with Crippen LogP contribution in [0.2, 0.25) is 0 Å². The highest BCUT2D eigenvalue weighted by atomic mass is 19.1. The first-order valence-electron chi connectivity index (χ1n) is 6.44. The summed E-state index contributed by atoms with van der Waals surface area (Å²) < 4.78 is 13.4. The van der Waals surface area contributed by atoms with Gasteiger partial charge in [-0.1, -0.05) is 6.92 Å². The Morgan fingerprint density at radius 1 is 1.44 bits per heavy atom. The Labute approximate surface area is 107 Å². The summed E-state index contributed by atoms with van der Waals surface area (Å²) in [5, 5.41) is 7.38. The van der Waals surface area contributed by atoms with E-state index < -0.39 is 0 Å². The monoisotopic (exact) mass is 249 g/mol. The van der Waals surface area contributed by atoms with Crippen molar-refractivity contribution in [1.29, 1.82) is 5.41 Å². The topological polar surface area (TPSA) is 53.1 Å². The van der Waals surface area contributed by atoms with Gasteiger partial charge in [-0.2, -0.15) is 0 Å². The maximum atomic E-state index is 13.4. The summed E-state index contributed by atoms with van der Waals surface area (Å²) >= 11 is 0. The van der Waals surface area contributed by atoms with E-state index in [9.17, 15) is 4.39 Å². The third kappa shape index (κ3) is 3.53. The summed E-state index contributed by atoms with van der Waals surface area (Å²) in [4.78, 5) is 2.32. The van der Waals surface area contributed by atoms with Crippen LogP contribution < -0.4 is 5.73 Å². The lowest BCUT2D eigenvalue weighted by Gasteiger charge is -2.20. The molecule has 1 aliphatic carbocycles. The lowest BCUT2D eigenvalue weighted by atomic mass is 10.1. The molecule has 3 nitrogen and oxygen atoms in total. The van der Waals surface area contributed by atoms with E-state index >= 15 is 0 Å². The Balaban J connectivity index is 2.08. The molecule has 1 aliphatic rings. The van der Waals surface area contributed by atoms with E-state index in [0.717, 1.165) is 31.1 Å². The molecule has 0 aliphatic heterocycles. The molecule has 0 atom stereocenters. The molecule has 0 amide bonds. The van der Waals surface area contributed by atoms with Crippen LogP contribution in [-0.2, 0) is 6.54 Å². The third-order valence-electron chi connectivity index (χ3n) is 3.34. The minimum Gasteiger partial charge on any atom is -0.384 e. The van der Waals surface area contributed by atoms with Crippen LogP contribution in [0.4, 0.5) is 4.39 Å². The highest BCUT2D eigenvalue weighted by Gasteiger charge is 2.23. The Morgan fingerprint density at radius 2 is 2.17 bits per heavy atom. The molecule has 0 spiro atoms. The molecule has 0 bridgehead atoms. The van der Waals surface area contributed by atoms with Crippen LogP contribution in [0, 0.1) is 17.1 Å². The van der Waals surface area contributed by atoms with Crippen LogP contribution in [0.1, 0.15) is 30.9 Å². The van der Waals surface area contributed by atoms with E-state index in [4.69, 9.17) is 11.1 Å². The zero-order chi connectivity index (χ0) is 13.1. The number of nitrogens with zero attached hydrogens (tertiary/aromatic N) is 1. The Hall–Kier alpha value is -1.42. The number of hydrogen-bond donors (Lipinski definition) is 2. The van der Waals surface area contributed by atoms with Gasteiger partial charge in [0.2, 0.25) is 0 Å². The van der Waals surface area contributed by atoms with Gasteiger partial charge in [0.25, 0.3) is 0 Å². The van der Waals surface area contributed by atoms with Gasteiger partial charge < -0.3 is 5.73 Å². The SMILES string of the molecule is CCN(Cc1cc(F)cc(C(=N)N)c1)CC1CC1. The van der Waals surface area contributed by atoms with Crippen molar-refractivity contribution in [2.24, 2.45) is 11.7 Å². The fourth-order valence-electron chi connectivity index (χ4n) is 2.13. The summed E-state index contributed by atoms with van der Waals surface area (Å²) in [6.45, 7) is 4.89. The van der Waals surface area contributed by atoms with E-state index in [1.54, 1.807) is 6.07 Å². The molecule has 18 heavy (non-hydrogen) atoms. The molecule has 2 rings (SSSR count). The zero-order valence-corrected chi connectivity index (χ0v) is 10.7. The normalized spacial score (nSPS) is 15.1. The van der Waals surface area contributed by atoms with Gasteiger partial charge in [0.1, 0.15) is 11.7 Å². The molecular formula is C14H20FN3. The molecule has 1 aromatic carbocycles. The predicted molar refractivity (Wildman–Crippen MR) is 71.1 cm³/mol. The first-order chi connectivity index (χ1) is 8.58. The molecule has 0 aromatic heterocycles. The van der Waals surface area contributed by atoms with Crippen molar-refractivity contribution < 1.29 is 4.39 Å². The highest BCUT2D eigenvalue weighted by molar-refractivity contribution is 5.95. The van der Waals surface area contributed by atoms with Gasteiger partial charge in [0.05, 0.1) is 0 Å². The summed E-state index contributed by atoms with van der Waals surface area (Å²) in [5.41, 5.74) is 6.77. The second-order valence-electron chi connectivity index (χ2n) is 5.03. The average Bonchev–Trinajstić information content (AvgIpc) is 3.11. The van der Waals surface area contributed by atoms with Crippen molar-refractivity contribution >= 4 is 5.84 Å². The zero-order valence-electron chi connectivity index (χ0n) is 10.7. The molecular weight excluding hydrogens is 229 g/mol. The van der Waals surface area contributed by atoms with Crippen LogP contribution in [0.3, 0.4) is 0 Å². The number of nitrogens with two attached hydrogens (primary N) is 1.